The van der Waals surface area contributed by atoms with E-state index < -0.39 is 23.6 Å². The molecule has 4 nitrogen and oxygen atoms in total. The van der Waals surface area contributed by atoms with Crippen LogP contribution < -0.4 is 4.80 Å². The molecule has 0 aliphatic heterocycles. The molecule has 0 saturated heterocycles. The third-order valence-corrected chi connectivity index (χ3v) is 4.57. The first-order valence-electron chi connectivity index (χ1n) is 7.25. The van der Waals surface area contributed by atoms with Crippen molar-refractivity contribution in [3.63, 3.8) is 0 Å². The van der Waals surface area contributed by atoms with Crippen molar-refractivity contribution in [2.24, 2.45) is 12.0 Å². The Labute approximate surface area is 140 Å². The van der Waals surface area contributed by atoms with E-state index in [0.29, 0.717) is 4.80 Å². The van der Waals surface area contributed by atoms with Gasteiger partial charge in [-0.1, -0.05) is 13.0 Å². The molecule has 0 radical (unpaired) electrons. The second-order valence-electron chi connectivity index (χ2n) is 5.42. The van der Waals surface area contributed by atoms with Gasteiger partial charge in [-0.25, -0.2) is 4.99 Å². The summed E-state index contributed by atoms with van der Waals surface area (Å²) in [5.74, 6) is -2.11. The lowest BCUT2D eigenvalue weighted by Crippen LogP contribution is -2.14. The van der Waals surface area contributed by atoms with Crippen molar-refractivity contribution in [2.75, 3.05) is 0 Å². The molecule has 0 aliphatic carbocycles. The lowest BCUT2D eigenvalue weighted by Gasteiger charge is -2.15. The normalized spacial score (nSPS) is 14.0. The molecule has 1 N–H and O–H groups in total. The number of nitrogens with zero attached hydrogens (tertiary/aromatic N) is 2. The molecule has 1 unspecified atom stereocenters. The highest BCUT2D eigenvalue weighted by Gasteiger charge is 2.35. The SMILES string of the molecule is CCC(C(=O)O)c1ccc(N=c2sc(C)cn2C)c(C(F)(F)F)c1. The fourth-order valence-corrected chi connectivity index (χ4v) is 3.26. The van der Waals surface area contributed by atoms with E-state index in [1.807, 2.05) is 6.92 Å². The van der Waals surface area contributed by atoms with Gasteiger partial charge in [0.15, 0.2) is 4.80 Å². The Morgan fingerprint density at radius 2 is 2.08 bits per heavy atom. The van der Waals surface area contributed by atoms with Gasteiger partial charge in [-0.2, -0.15) is 13.2 Å². The fraction of sp³-hybridized carbons (Fsp3) is 0.375. The molecule has 1 atom stereocenters. The van der Waals surface area contributed by atoms with E-state index in [2.05, 4.69) is 4.99 Å². The van der Waals surface area contributed by atoms with Crippen molar-refractivity contribution >= 4 is 23.0 Å². The first-order valence-corrected chi connectivity index (χ1v) is 8.07. The van der Waals surface area contributed by atoms with Crippen molar-refractivity contribution in [3.05, 3.63) is 45.2 Å². The Morgan fingerprint density at radius 3 is 2.54 bits per heavy atom. The Kier molecular flexibility index (Phi) is 5.17. The Bertz CT molecular complexity index is 821. The van der Waals surface area contributed by atoms with Gasteiger partial charge >= 0.3 is 12.1 Å². The van der Waals surface area contributed by atoms with Gasteiger partial charge in [0.1, 0.15) is 0 Å². The van der Waals surface area contributed by atoms with E-state index in [4.69, 9.17) is 5.11 Å². The summed E-state index contributed by atoms with van der Waals surface area (Å²) < 4.78 is 41.8. The molecule has 1 aromatic carbocycles. The van der Waals surface area contributed by atoms with Crippen LogP contribution in [0.15, 0.2) is 29.4 Å². The molecule has 8 heteroatoms. The van der Waals surface area contributed by atoms with Crippen LogP contribution in [-0.2, 0) is 18.0 Å². The van der Waals surface area contributed by atoms with Gasteiger partial charge in [0.2, 0.25) is 0 Å². The fourth-order valence-electron chi connectivity index (χ4n) is 2.42. The number of hydrogen-bond acceptors (Lipinski definition) is 3. The molecule has 24 heavy (non-hydrogen) atoms. The summed E-state index contributed by atoms with van der Waals surface area (Å²) in [5, 5.41) is 9.16. The van der Waals surface area contributed by atoms with Crippen LogP contribution in [0.3, 0.4) is 0 Å². The number of aliphatic carboxylic acids is 1. The highest BCUT2D eigenvalue weighted by atomic mass is 32.1. The maximum Gasteiger partial charge on any atom is 0.418 e. The van der Waals surface area contributed by atoms with Gasteiger partial charge in [0, 0.05) is 18.1 Å². The molecular formula is C16H17F3N2O2S. The average molecular weight is 358 g/mol. The summed E-state index contributed by atoms with van der Waals surface area (Å²) in [5.41, 5.74) is -1.02. The summed E-state index contributed by atoms with van der Waals surface area (Å²) >= 11 is 1.28. The molecular weight excluding hydrogens is 341 g/mol. The van der Waals surface area contributed by atoms with Crippen molar-refractivity contribution in [1.82, 2.24) is 4.57 Å². The third kappa shape index (κ3) is 3.87. The van der Waals surface area contributed by atoms with Crippen molar-refractivity contribution < 1.29 is 23.1 Å². The summed E-state index contributed by atoms with van der Waals surface area (Å²) in [6, 6.07) is 3.53. The van der Waals surface area contributed by atoms with Crippen molar-refractivity contribution in [1.29, 1.82) is 0 Å². The quantitative estimate of drug-likeness (QED) is 0.889. The smallest absolute Gasteiger partial charge is 0.418 e. The lowest BCUT2D eigenvalue weighted by atomic mass is 9.94. The minimum absolute atomic E-state index is 0.128. The second-order valence-corrected chi connectivity index (χ2v) is 6.63. The number of carboxylic acids is 1. The zero-order valence-electron chi connectivity index (χ0n) is 13.4. The minimum Gasteiger partial charge on any atom is -0.481 e. The minimum atomic E-state index is -4.61. The van der Waals surface area contributed by atoms with E-state index in [9.17, 15) is 18.0 Å². The van der Waals surface area contributed by atoms with Crippen molar-refractivity contribution in [2.45, 2.75) is 32.4 Å². The number of rotatable bonds is 4. The zero-order chi connectivity index (χ0) is 18.1. The summed E-state index contributed by atoms with van der Waals surface area (Å²) in [6.45, 7) is 3.47. The first kappa shape index (κ1) is 18.3. The highest BCUT2D eigenvalue weighted by molar-refractivity contribution is 7.09. The maximum atomic E-state index is 13.4. The highest BCUT2D eigenvalue weighted by Crippen LogP contribution is 2.38. The van der Waals surface area contributed by atoms with Gasteiger partial charge in [0.25, 0.3) is 0 Å². The van der Waals surface area contributed by atoms with Gasteiger partial charge in [0.05, 0.1) is 17.2 Å². The second kappa shape index (κ2) is 6.80. The van der Waals surface area contributed by atoms with Crippen LogP contribution in [0.25, 0.3) is 0 Å². The van der Waals surface area contributed by atoms with Crippen LogP contribution in [0, 0.1) is 6.92 Å². The lowest BCUT2D eigenvalue weighted by molar-refractivity contribution is -0.140. The molecule has 0 aliphatic rings. The number of halogens is 3. The molecule has 1 aromatic heterocycles. The molecule has 2 aromatic rings. The van der Waals surface area contributed by atoms with Crippen LogP contribution in [0.4, 0.5) is 18.9 Å². The topological polar surface area (TPSA) is 54.6 Å². The van der Waals surface area contributed by atoms with E-state index in [1.54, 1.807) is 24.7 Å². The Balaban J connectivity index is 2.63. The molecule has 0 amide bonds. The molecule has 0 saturated carbocycles. The van der Waals surface area contributed by atoms with Gasteiger partial charge in [-0.3, -0.25) is 4.79 Å². The predicted molar refractivity (Wildman–Crippen MR) is 85.4 cm³/mol. The van der Waals surface area contributed by atoms with Gasteiger partial charge < -0.3 is 9.67 Å². The van der Waals surface area contributed by atoms with Crippen LogP contribution in [0.5, 0.6) is 0 Å². The monoisotopic (exact) mass is 358 g/mol. The van der Waals surface area contributed by atoms with Crippen LogP contribution in [-0.4, -0.2) is 15.6 Å². The molecule has 0 spiro atoms. The zero-order valence-corrected chi connectivity index (χ0v) is 14.2. The van der Waals surface area contributed by atoms with E-state index >= 15 is 0 Å². The van der Waals surface area contributed by atoms with Gasteiger partial charge in [-0.05, 0) is 31.0 Å². The average Bonchev–Trinajstić information content (AvgIpc) is 2.77. The number of alkyl halides is 3. The molecule has 0 bridgehead atoms. The van der Waals surface area contributed by atoms with Gasteiger partial charge in [-0.15, -0.1) is 11.3 Å². The molecule has 1 heterocycles. The van der Waals surface area contributed by atoms with Crippen LogP contribution in [0.2, 0.25) is 0 Å². The molecule has 2 rings (SSSR count). The number of carboxylic acid groups (broad SMARTS) is 1. The van der Waals surface area contributed by atoms with Crippen LogP contribution >= 0.6 is 11.3 Å². The molecule has 130 valence electrons. The Morgan fingerprint density at radius 1 is 1.42 bits per heavy atom. The summed E-state index contributed by atoms with van der Waals surface area (Å²) in [6.07, 6.45) is -2.62. The third-order valence-electron chi connectivity index (χ3n) is 3.58. The number of carbonyl (C=O) groups is 1. The first-order chi connectivity index (χ1) is 11.1. The van der Waals surface area contributed by atoms with E-state index in [1.165, 1.54) is 23.5 Å². The Hall–Kier alpha value is -2.09. The number of aryl methyl sites for hydroxylation is 2. The number of aromatic nitrogens is 1. The van der Waals surface area contributed by atoms with Crippen LogP contribution in [0.1, 0.15) is 35.3 Å². The number of benzene rings is 1. The molecule has 0 fully saturated rings. The standard InChI is InChI=1S/C16H17F3N2O2S/c1-4-11(14(22)23)10-5-6-13(12(7-10)16(17,18)19)20-15-21(3)8-9(2)24-15/h5-8,11H,4H2,1-3H3,(H,22,23). The van der Waals surface area contributed by atoms with E-state index in [0.717, 1.165) is 10.9 Å². The number of thiazole rings is 1. The van der Waals surface area contributed by atoms with E-state index in [-0.39, 0.29) is 17.7 Å². The predicted octanol–water partition coefficient (Wildman–Crippen LogP) is 4.22. The number of hydrogen-bond donors (Lipinski definition) is 1. The summed E-state index contributed by atoms with van der Waals surface area (Å²) in [4.78, 5) is 16.7. The largest absolute Gasteiger partial charge is 0.481 e. The summed E-state index contributed by atoms with van der Waals surface area (Å²) in [7, 11) is 1.71. The maximum absolute atomic E-state index is 13.4. The van der Waals surface area contributed by atoms with Crippen molar-refractivity contribution in [3.8, 4) is 0 Å².